The third-order valence-corrected chi connectivity index (χ3v) is 8.33. The predicted octanol–water partition coefficient (Wildman–Crippen LogP) is 2.69. The minimum Gasteiger partial charge on any atom is -0.299 e. The molecule has 0 aliphatic carbocycles. The average Bonchev–Trinajstić information content (AvgIpc) is 3.07. The van der Waals surface area contributed by atoms with Crippen LogP contribution < -0.4 is 0 Å². The number of benzene rings is 1. The van der Waals surface area contributed by atoms with Gasteiger partial charge in [0, 0.05) is 29.8 Å². The summed E-state index contributed by atoms with van der Waals surface area (Å²) in [7, 11) is -9.00. The summed E-state index contributed by atoms with van der Waals surface area (Å²) in [5, 5.41) is 0. The first-order valence-electron chi connectivity index (χ1n) is 7.54. The van der Waals surface area contributed by atoms with Crippen molar-refractivity contribution in [1.29, 1.82) is 0 Å². The van der Waals surface area contributed by atoms with E-state index in [-0.39, 0.29) is 11.5 Å². The highest BCUT2D eigenvalue weighted by molar-refractivity contribution is 8.66. The minimum atomic E-state index is -4.69. The molecule has 0 atom stereocenters. The zero-order valence-corrected chi connectivity index (χ0v) is 15.8. The molecular formula is C16H12F3N3O4S2. The van der Waals surface area contributed by atoms with Crippen LogP contribution in [-0.4, -0.2) is 37.6 Å². The second-order valence-electron chi connectivity index (χ2n) is 5.71. The van der Waals surface area contributed by atoms with Crippen molar-refractivity contribution in [3.05, 3.63) is 60.7 Å². The molecule has 2 aromatic heterocycles. The summed E-state index contributed by atoms with van der Waals surface area (Å²) in [6.45, 7) is 0. The Morgan fingerprint density at radius 3 is 2.14 bits per heavy atom. The number of pyridine rings is 1. The van der Waals surface area contributed by atoms with Crippen molar-refractivity contribution in [2.75, 3.05) is 6.26 Å². The normalized spacial score (nSPS) is 12.9. The van der Waals surface area contributed by atoms with Crippen LogP contribution in [0.1, 0.15) is 5.69 Å². The number of aromatic nitrogens is 3. The van der Waals surface area contributed by atoms with E-state index < -0.39 is 34.5 Å². The standard InChI is InChI=1S/C16H12F3N3O4S2/c1-27(23,24)28(25,26)13-6-4-12(5-7-13)22-10-14(16(17,18)19)21-15(22)11-3-2-8-20-9-11/h2-10H,1H3. The molecule has 0 fully saturated rings. The number of hydrogen-bond donors (Lipinski definition) is 0. The van der Waals surface area contributed by atoms with Crippen LogP contribution in [0.3, 0.4) is 0 Å². The summed E-state index contributed by atoms with van der Waals surface area (Å²) < 4.78 is 87.3. The van der Waals surface area contributed by atoms with Gasteiger partial charge >= 0.3 is 6.18 Å². The lowest BCUT2D eigenvalue weighted by atomic mass is 10.2. The molecule has 1 aromatic carbocycles. The molecule has 0 aliphatic heterocycles. The van der Waals surface area contributed by atoms with Gasteiger partial charge in [-0.2, -0.15) is 13.2 Å². The molecule has 0 unspecified atom stereocenters. The molecule has 0 radical (unpaired) electrons. The molecular weight excluding hydrogens is 419 g/mol. The molecule has 3 rings (SSSR count). The van der Waals surface area contributed by atoms with Crippen molar-refractivity contribution in [2.45, 2.75) is 11.1 Å². The van der Waals surface area contributed by atoms with Crippen LogP contribution in [0.4, 0.5) is 13.2 Å². The molecule has 7 nitrogen and oxygen atoms in total. The highest BCUT2D eigenvalue weighted by Crippen LogP contribution is 2.32. The smallest absolute Gasteiger partial charge is 0.299 e. The fourth-order valence-electron chi connectivity index (χ4n) is 2.36. The maximum absolute atomic E-state index is 13.1. The second kappa shape index (κ2) is 6.71. The maximum Gasteiger partial charge on any atom is 0.434 e. The maximum atomic E-state index is 13.1. The van der Waals surface area contributed by atoms with E-state index in [1.54, 1.807) is 0 Å². The van der Waals surface area contributed by atoms with Gasteiger partial charge < -0.3 is 0 Å². The van der Waals surface area contributed by atoms with Gasteiger partial charge in [0.2, 0.25) is 0 Å². The van der Waals surface area contributed by atoms with Gasteiger partial charge in [0.1, 0.15) is 5.82 Å². The van der Waals surface area contributed by atoms with Gasteiger partial charge in [0.05, 0.1) is 11.2 Å². The number of alkyl halides is 3. The lowest BCUT2D eigenvalue weighted by Crippen LogP contribution is -2.13. The van der Waals surface area contributed by atoms with Crippen molar-refractivity contribution in [3.8, 4) is 17.1 Å². The lowest BCUT2D eigenvalue weighted by Gasteiger charge is -2.09. The summed E-state index contributed by atoms with van der Waals surface area (Å²) in [5.41, 5.74) is -0.667. The van der Waals surface area contributed by atoms with Crippen LogP contribution in [0.2, 0.25) is 0 Å². The Balaban J connectivity index is 2.15. The third kappa shape index (κ3) is 3.64. The minimum absolute atomic E-state index is 0.0563. The molecule has 0 bridgehead atoms. The van der Waals surface area contributed by atoms with Gasteiger partial charge in [-0.1, -0.05) is 0 Å². The largest absolute Gasteiger partial charge is 0.434 e. The number of rotatable bonds is 4. The van der Waals surface area contributed by atoms with Crippen LogP contribution in [0.5, 0.6) is 0 Å². The van der Waals surface area contributed by atoms with Gasteiger partial charge in [-0.3, -0.25) is 9.55 Å². The first-order valence-corrected chi connectivity index (χ1v) is 11.4. The Kier molecular flexibility index (Phi) is 4.79. The van der Waals surface area contributed by atoms with Crippen molar-refractivity contribution in [3.63, 3.8) is 0 Å². The van der Waals surface area contributed by atoms with Gasteiger partial charge in [-0.25, -0.2) is 21.8 Å². The van der Waals surface area contributed by atoms with Crippen molar-refractivity contribution < 1.29 is 30.0 Å². The zero-order chi connectivity index (χ0) is 20.7. The van der Waals surface area contributed by atoms with Crippen molar-refractivity contribution in [1.82, 2.24) is 14.5 Å². The fraction of sp³-hybridized carbons (Fsp3) is 0.125. The van der Waals surface area contributed by atoms with E-state index in [0.29, 0.717) is 11.8 Å². The van der Waals surface area contributed by atoms with Crippen LogP contribution in [0.15, 0.2) is 59.9 Å². The topological polar surface area (TPSA) is 99.0 Å². The molecule has 3 aromatic rings. The Morgan fingerprint density at radius 2 is 1.64 bits per heavy atom. The predicted molar refractivity (Wildman–Crippen MR) is 93.8 cm³/mol. The van der Waals surface area contributed by atoms with Gasteiger partial charge in [0.15, 0.2) is 5.69 Å². The second-order valence-corrected chi connectivity index (χ2v) is 11.6. The van der Waals surface area contributed by atoms with Crippen LogP contribution in [-0.2, 0) is 23.9 Å². The molecule has 148 valence electrons. The summed E-state index contributed by atoms with van der Waals surface area (Å²) >= 11 is 0. The van der Waals surface area contributed by atoms with E-state index in [1.807, 2.05) is 0 Å². The first kappa shape index (κ1) is 20.0. The third-order valence-electron chi connectivity index (χ3n) is 3.72. The van der Waals surface area contributed by atoms with E-state index in [2.05, 4.69) is 9.97 Å². The molecule has 28 heavy (non-hydrogen) atoms. The number of hydrogen-bond acceptors (Lipinski definition) is 6. The van der Waals surface area contributed by atoms with Gasteiger partial charge in [-0.15, -0.1) is 0 Å². The SMILES string of the molecule is CS(=O)(=O)S(=O)(=O)c1ccc(-n2cc(C(F)(F)F)nc2-c2cccnc2)cc1. The highest BCUT2D eigenvalue weighted by Gasteiger charge is 2.35. The average molecular weight is 431 g/mol. The Bertz CT molecular complexity index is 1220. The molecule has 0 aliphatic rings. The van der Waals surface area contributed by atoms with E-state index in [4.69, 9.17) is 0 Å². The van der Waals surface area contributed by atoms with Crippen molar-refractivity contribution >= 4 is 17.7 Å². The van der Waals surface area contributed by atoms with Crippen molar-refractivity contribution in [2.24, 2.45) is 0 Å². The van der Waals surface area contributed by atoms with Crippen LogP contribution >= 0.6 is 0 Å². The van der Waals surface area contributed by atoms with E-state index in [0.717, 1.165) is 22.9 Å². The number of halogens is 3. The van der Waals surface area contributed by atoms with E-state index in [1.165, 1.54) is 36.7 Å². The Morgan fingerprint density at radius 1 is 1.00 bits per heavy atom. The van der Waals surface area contributed by atoms with Crippen LogP contribution in [0, 0.1) is 0 Å². The summed E-state index contributed by atoms with van der Waals surface area (Å²) in [6.07, 6.45) is -0.583. The Labute approximate surface area is 157 Å². The van der Waals surface area contributed by atoms with E-state index in [9.17, 15) is 30.0 Å². The monoisotopic (exact) mass is 431 g/mol. The molecule has 12 heteroatoms. The van der Waals surface area contributed by atoms with Gasteiger partial charge in [0.25, 0.3) is 17.7 Å². The lowest BCUT2D eigenvalue weighted by molar-refractivity contribution is -0.140. The molecule has 0 spiro atoms. The highest BCUT2D eigenvalue weighted by atomic mass is 33.2. The zero-order valence-electron chi connectivity index (χ0n) is 14.1. The van der Waals surface area contributed by atoms with Crippen LogP contribution in [0.25, 0.3) is 17.1 Å². The molecule has 2 heterocycles. The summed E-state index contributed by atoms with van der Waals surface area (Å²) in [4.78, 5) is 6.99. The fourth-order valence-corrected chi connectivity index (χ4v) is 4.56. The quantitative estimate of drug-likeness (QED) is 0.589. The number of imidazole rings is 1. The molecule has 0 saturated heterocycles. The summed E-state index contributed by atoms with van der Waals surface area (Å²) in [5.74, 6) is -0.0563. The molecule has 0 N–H and O–H groups in total. The number of nitrogens with zero attached hydrogens (tertiary/aromatic N) is 3. The van der Waals surface area contributed by atoms with E-state index >= 15 is 0 Å². The molecule has 0 saturated carbocycles. The Hall–Kier alpha value is -2.73. The summed E-state index contributed by atoms with van der Waals surface area (Å²) in [6, 6.07) is 7.45. The van der Waals surface area contributed by atoms with Gasteiger partial charge in [-0.05, 0) is 36.4 Å². The molecule has 0 amide bonds. The first-order chi connectivity index (χ1) is 12.9.